The van der Waals surface area contributed by atoms with Gasteiger partial charge in [-0.3, -0.25) is 0 Å². The average molecular weight is 519 g/mol. The van der Waals surface area contributed by atoms with Crippen molar-refractivity contribution in [1.29, 1.82) is 0 Å². The molecule has 0 heterocycles. The highest BCUT2D eigenvalue weighted by Crippen LogP contribution is 2.44. The van der Waals surface area contributed by atoms with Crippen molar-refractivity contribution in [3.05, 3.63) is 100 Å². The van der Waals surface area contributed by atoms with E-state index in [-0.39, 0.29) is 0 Å². The molecule has 0 aliphatic heterocycles. The minimum Gasteiger partial charge on any atom is -0.0986 e. The lowest BCUT2D eigenvalue weighted by Gasteiger charge is -2.33. The topological polar surface area (TPSA) is 0 Å². The van der Waals surface area contributed by atoms with Crippen molar-refractivity contribution in [2.45, 2.75) is 92.9 Å². The molecule has 206 valence electrons. The number of allylic oxidation sites excluding steroid dienone is 5. The number of benzene rings is 2. The molecule has 3 aliphatic carbocycles. The molecule has 2 unspecified atom stereocenters. The Bertz CT molecular complexity index is 1310. The summed E-state index contributed by atoms with van der Waals surface area (Å²) in [7, 11) is 0. The van der Waals surface area contributed by atoms with Gasteiger partial charge in [0.25, 0.3) is 0 Å². The van der Waals surface area contributed by atoms with Gasteiger partial charge in [0.15, 0.2) is 0 Å². The molecule has 39 heavy (non-hydrogen) atoms. The molecular weight excluding hydrogens is 468 g/mol. The molecule has 0 amide bonds. The van der Waals surface area contributed by atoms with Crippen LogP contribution in [0.2, 0.25) is 0 Å². The zero-order chi connectivity index (χ0) is 27.9. The van der Waals surface area contributed by atoms with E-state index in [2.05, 4.69) is 103 Å². The fourth-order valence-corrected chi connectivity index (χ4v) is 7.51. The summed E-state index contributed by atoms with van der Waals surface area (Å²) < 4.78 is 0. The van der Waals surface area contributed by atoms with Gasteiger partial charge in [0.2, 0.25) is 0 Å². The van der Waals surface area contributed by atoms with E-state index >= 15 is 0 Å². The van der Waals surface area contributed by atoms with Crippen LogP contribution in [0.15, 0.2) is 72.4 Å². The van der Waals surface area contributed by atoms with Crippen LogP contribution in [0.25, 0.3) is 17.2 Å². The van der Waals surface area contributed by atoms with E-state index in [0.29, 0.717) is 17.3 Å². The van der Waals surface area contributed by atoms with Crippen molar-refractivity contribution < 1.29 is 0 Å². The maximum absolute atomic E-state index is 4.62. The normalized spacial score (nSPS) is 25.1. The van der Waals surface area contributed by atoms with Gasteiger partial charge in [0.1, 0.15) is 0 Å². The minimum atomic E-state index is 0.290. The smallest absolute Gasteiger partial charge is 0.00827 e. The van der Waals surface area contributed by atoms with Gasteiger partial charge in [-0.25, -0.2) is 0 Å². The summed E-state index contributed by atoms with van der Waals surface area (Å²) in [6.45, 7) is 23.1. The van der Waals surface area contributed by atoms with Crippen LogP contribution >= 0.6 is 0 Å². The summed E-state index contributed by atoms with van der Waals surface area (Å²) in [6.07, 6.45) is 17.1. The van der Waals surface area contributed by atoms with Crippen LogP contribution in [-0.4, -0.2) is 0 Å². The molecule has 0 nitrogen and oxygen atoms in total. The molecule has 0 aromatic heterocycles. The van der Waals surface area contributed by atoms with E-state index in [9.17, 15) is 0 Å². The summed E-state index contributed by atoms with van der Waals surface area (Å²) in [5.74, 6) is 2.51. The Morgan fingerprint density at radius 3 is 2.38 bits per heavy atom. The average Bonchev–Trinajstić information content (AvgIpc) is 3.28. The Labute approximate surface area is 239 Å². The van der Waals surface area contributed by atoms with E-state index in [1.807, 2.05) is 0 Å². The number of hydrogen-bond acceptors (Lipinski definition) is 0. The second kappa shape index (κ2) is 11.1. The molecule has 2 atom stereocenters. The van der Waals surface area contributed by atoms with Crippen LogP contribution in [0.3, 0.4) is 0 Å². The van der Waals surface area contributed by atoms with E-state index < -0.39 is 0 Å². The minimum absolute atomic E-state index is 0.290. The lowest BCUT2D eigenvalue weighted by Crippen LogP contribution is -2.21. The monoisotopic (exact) mass is 518 g/mol. The van der Waals surface area contributed by atoms with Crippen molar-refractivity contribution in [3.8, 4) is 11.1 Å². The third-order valence-corrected chi connectivity index (χ3v) is 9.72. The number of fused-ring (bicyclic) bond motifs is 1. The van der Waals surface area contributed by atoms with Gasteiger partial charge in [0, 0.05) is 5.92 Å². The van der Waals surface area contributed by atoms with Crippen molar-refractivity contribution in [3.63, 3.8) is 0 Å². The highest BCUT2D eigenvalue weighted by molar-refractivity contribution is 5.80. The highest BCUT2D eigenvalue weighted by atomic mass is 14.3. The Morgan fingerprint density at radius 2 is 1.67 bits per heavy atom. The van der Waals surface area contributed by atoms with Gasteiger partial charge in [0.05, 0.1) is 0 Å². The third kappa shape index (κ3) is 6.26. The SMILES string of the molecule is C=C1C=CC(CC(C)(C)C)C(=C)C1CC1=Cc2cccc(-c3cc(C)cc(C)c3CC3CCC(C)CC3)c2C1. The van der Waals surface area contributed by atoms with Gasteiger partial charge in [-0.05, 0) is 114 Å². The van der Waals surface area contributed by atoms with Crippen LogP contribution in [0.4, 0.5) is 0 Å². The molecule has 0 saturated heterocycles. The van der Waals surface area contributed by atoms with Gasteiger partial charge in [-0.1, -0.05) is 119 Å². The van der Waals surface area contributed by atoms with Crippen molar-refractivity contribution >= 4 is 6.08 Å². The van der Waals surface area contributed by atoms with Crippen LogP contribution < -0.4 is 0 Å². The van der Waals surface area contributed by atoms with Crippen molar-refractivity contribution in [2.75, 3.05) is 0 Å². The summed E-state index contributed by atoms with van der Waals surface area (Å²) in [5.41, 5.74) is 14.7. The fraction of sp³-hybridized carbons (Fsp3) is 0.487. The van der Waals surface area contributed by atoms with Gasteiger partial charge < -0.3 is 0 Å². The van der Waals surface area contributed by atoms with Crippen LogP contribution in [0.5, 0.6) is 0 Å². The molecule has 3 aliphatic rings. The standard InChI is InChI=1S/C39H50/c1-25-12-15-30(16-13-25)21-36-28(4)18-26(2)19-38(36)34-11-9-10-32-20-31(23-37(32)34)22-35-27(3)14-17-33(29(35)5)24-39(6,7)8/h9-11,14,17-20,25,30,33,35H,3,5,12-13,15-16,21-24H2,1-2,4,6-8H3. The van der Waals surface area contributed by atoms with Crippen LogP contribution in [0.1, 0.15) is 94.0 Å². The summed E-state index contributed by atoms with van der Waals surface area (Å²) in [5, 5.41) is 0. The molecule has 1 fully saturated rings. The third-order valence-electron chi connectivity index (χ3n) is 9.72. The van der Waals surface area contributed by atoms with Crippen LogP contribution in [-0.2, 0) is 12.8 Å². The second-order valence-corrected chi connectivity index (χ2v) is 14.4. The van der Waals surface area contributed by atoms with E-state index in [1.165, 1.54) is 82.2 Å². The lowest BCUT2D eigenvalue weighted by molar-refractivity contribution is 0.289. The Balaban J connectivity index is 1.40. The molecule has 0 spiro atoms. The Kier molecular flexibility index (Phi) is 7.96. The zero-order valence-electron chi connectivity index (χ0n) is 25.5. The first-order valence-corrected chi connectivity index (χ1v) is 15.5. The first-order chi connectivity index (χ1) is 18.5. The number of hydrogen-bond donors (Lipinski definition) is 0. The quantitative estimate of drug-likeness (QED) is 0.334. The first kappa shape index (κ1) is 27.9. The summed E-state index contributed by atoms with van der Waals surface area (Å²) in [6, 6.07) is 11.9. The number of rotatable bonds is 6. The molecule has 2 aromatic rings. The summed E-state index contributed by atoms with van der Waals surface area (Å²) >= 11 is 0. The van der Waals surface area contributed by atoms with E-state index in [0.717, 1.165) is 31.1 Å². The fourth-order valence-electron chi connectivity index (χ4n) is 7.51. The maximum atomic E-state index is 4.62. The van der Waals surface area contributed by atoms with Crippen molar-refractivity contribution in [2.24, 2.45) is 29.1 Å². The van der Waals surface area contributed by atoms with Crippen LogP contribution in [0, 0.1) is 42.9 Å². The molecular formula is C39H50. The molecule has 5 rings (SSSR count). The second-order valence-electron chi connectivity index (χ2n) is 14.4. The van der Waals surface area contributed by atoms with Gasteiger partial charge in [-0.2, -0.15) is 0 Å². The Morgan fingerprint density at radius 1 is 0.923 bits per heavy atom. The maximum Gasteiger partial charge on any atom is 0.00827 e. The molecule has 0 N–H and O–H groups in total. The number of aryl methyl sites for hydroxylation is 2. The summed E-state index contributed by atoms with van der Waals surface area (Å²) in [4.78, 5) is 0. The molecule has 2 aromatic carbocycles. The lowest BCUT2D eigenvalue weighted by atomic mass is 9.71. The van der Waals surface area contributed by atoms with Gasteiger partial charge in [-0.15, -0.1) is 0 Å². The highest BCUT2D eigenvalue weighted by Gasteiger charge is 2.30. The molecule has 0 radical (unpaired) electrons. The zero-order valence-corrected chi connectivity index (χ0v) is 25.5. The molecule has 0 bridgehead atoms. The Hall–Kier alpha value is -2.60. The van der Waals surface area contributed by atoms with Crippen molar-refractivity contribution in [1.82, 2.24) is 0 Å². The largest absolute Gasteiger partial charge is 0.0986 e. The first-order valence-electron chi connectivity index (χ1n) is 15.5. The van der Waals surface area contributed by atoms with E-state index in [4.69, 9.17) is 0 Å². The predicted molar refractivity (Wildman–Crippen MR) is 171 cm³/mol. The van der Waals surface area contributed by atoms with E-state index in [1.54, 1.807) is 5.56 Å². The molecule has 1 saturated carbocycles. The molecule has 0 heteroatoms. The van der Waals surface area contributed by atoms with Gasteiger partial charge >= 0.3 is 0 Å². The predicted octanol–water partition coefficient (Wildman–Crippen LogP) is 11.0.